The molecular weight excluding hydrogens is 372 g/mol. The van der Waals surface area contributed by atoms with E-state index in [1.807, 2.05) is 19.1 Å². The van der Waals surface area contributed by atoms with Crippen LogP contribution in [-0.4, -0.2) is 20.7 Å². The highest BCUT2D eigenvalue weighted by Gasteiger charge is 2.11. The minimum atomic E-state index is -0.437. The number of rotatable bonds is 4. The molecule has 0 aliphatic rings. The summed E-state index contributed by atoms with van der Waals surface area (Å²) in [6.07, 6.45) is 0. The Kier molecular flexibility index (Phi) is 5.05. The molecule has 0 bridgehead atoms. The zero-order chi connectivity index (χ0) is 18.7. The molecule has 26 heavy (non-hydrogen) atoms. The smallest absolute Gasteiger partial charge is 0.270 e. The average Bonchev–Trinajstić information content (AvgIpc) is 3.01. The van der Waals surface area contributed by atoms with E-state index in [-0.39, 0.29) is 10.8 Å². The Bertz CT molecular complexity index is 1010. The number of nitrogens with zero attached hydrogens (tertiary/aromatic N) is 3. The summed E-state index contributed by atoms with van der Waals surface area (Å²) in [5.41, 5.74) is 11.4. The Morgan fingerprint density at radius 3 is 2.73 bits per heavy atom. The first-order valence-electron chi connectivity index (χ1n) is 7.44. The third kappa shape index (κ3) is 4.10. The molecule has 0 fully saturated rings. The summed E-state index contributed by atoms with van der Waals surface area (Å²) in [5, 5.41) is 18.8. The molecule has 0 spiro atoms. The largest absolute Gasteiger partial charge is 0.399 e. The molecule has 3 aromatic rings. The number of thiocarbonyl (C=S) groups is 1. The van der Waals surface area contributed by atoms with E-state index < -0.39 is 4.92 Å². The second-order valence-electron chi connectivity index (χ2n) is 5.31. The Labute approximate surface area is 157 Å². The van der Waals surface area contributed by atoms with E-state index in [1.165, 1.54) is 23.5 Å². The van der Waals surface area contributed by atoms with Crippen LogP contribution in [0.15, 0.2) is 47.6 Å². The van der Waals surface area contributed by atoms with Crippen LogP contribution in [0.5, 0.6) is 0 Å². The highest BCUT2D eigenvalue weighted by atomic mass is 32.1. The lowest BCUT2D eigenvalue weighted by molar-refractivity contribution is -0.384. The van der Waals surface area contributed by atoms with Gasteiger partial charge in [-0.1, -0.05) is 23.5 Å². The second kappa shape index (κ2) is 7.42. The fourth-order valence-corrected chi connectivity index (χ4v) is 3.24. The highest BCUT2D eigenvalue weighted by molar-refractivity contribution is 7.80. The number of hydrogen-bond acceptors (Lipinski definition) is 7. The Balaban J connectivity index is 1.67. The highest BCUT2D eigenvalue weighted by Crippen LogP contribution is 2.29. The van der Waals surface area contributed by atoms with Gasteiger partial charge in [0.2, 0.25) is 0 Å². The molecule has 0 saturated heterocycles. The molecule has 0 aliphatic heterocycles. The third-order valence-electron chi connectivity index (χ3n) is 3.46. The first kappa shape index (κ1) is 17.7. The molecule has 1 aromatic heterocycles. The van der Waals surface area contributed by atoms with Crippen LogP contribution in [0.25, 0.3) is 10.2 Å². The molecule has 2 aromatic carbocycles. The zero-order valence-electron chi connectivity index (χ0n) is 13.6. The Morgan fingerprint density at radius 2 is 2.04 bits per heavy atom. The number of nitro groups is 1. The predicted octanol–water partition coefficient (Wildman–Crippen LogP) is 3.50. The lowest BCUT2D eigenvalue weighted by Crippen LogP contribution is -2.24. The normalized spacial score (nSPS) is 11.3. The number of nitrogen functional groups attached to an aromatic ring is 1. The van der Waals surface area contributed by atoms with E-state index in [0.29, 0.717) is 21.0 Å². The summed E-state index contributed by atoms with van der Waals surface area (Å²) in [5.74, 6) is 0. The van der Waals surface area contributed by atoms with E-state index in [9.17, 15) is 10.1 Å². The maximum absolute atomic E-state index is 10.8. The van der Waals surface area contributed by atoms with Crippen LogP contribution in [0.2, 0.25) is 0 Å². The second-order valence-corrected chi connectivity index (χ2v) is 6.75. The van der Waals surface area contributed by atoms with Crippen molar-refractivity contribution in [2.24, 2.45) is 5.10 Å². The van der Waals surface area contributed by atoms with E-state index >= 15 is 0 Å². The molecule has 0 radical (unpaired) electrons. The van der Waals surface area contributed by atoms with Gasteiger partial charge in [-0.2, -0.15) is 5.10 Å². The number of hydrogen-bond donors (Lipinski definition) is 3. The summed E-state index contributed by atoms with van der Waals surface area (Å²) < 4.78 is 0.700. The van der Waals surface area contributed by atoms with Crippen molar-refractivity contribution in [1.29, 1.82) is 0 Å². The molecule has 10 heteroatoms. The van der Waals surface area contributed by atoms with Crippen molar-refractivity contribution in [1.82, 2.24) is 10.4 Å². The average molecular weight is 386 g/mol. The van der Waals surface area contributed by atoms with Gasteiger partial charge in [0.05, 0.1) is 20.9 Å². The van der Waals surface area contributed by atoms with Gasteiger partial charge in [0, 0.05) is 17.8 Å². The number of nitrogens with two attached hydrogens (primary N) is 1. The Morgan fingerprint density at radius 1 is 1.31 bits per heavy atom. The molecule has 1 heterocycles. The standard InChI is InChI=1S/C16H14N6O2S2/c1-9(10-2-4-11(17)5-3-10)20-21-15(25)19-16-18-13-7-6-12(22(23)24)8-14(13)26-16/h2-8H,17H2,1H3,(H2,18,19,21,25)/b20-9+. The molecule has 0 saturated carbocycles. The molecule has 8 nitrogen and oxygen atoms in total. The number of fused-ring (bicyclic) bond motifs is 1. The maximum Gasteiger partial charge on any atom is 0.270 e. The van der Waals surface area contributed by atoms with E-state index in [0.717, 1.165) is 11.3 Å². The first-order chi connectivity index (χ1) is 12.4. The summed E-state index contributed by atoms with van der Waals surface area (Å²) >= 11 is 6.48. The summed E-state index contributed by atoms with van der Waals surface area (Å²) in [7, 11) is 0. The topological polar surface area (TPSA) is 118 Å². The molecule has 0 unspecified atom stereocenters. The van der Waals surface area contributed by atoms with Gasteiger partial charge in [-0.25, -0.2) is 4.98 Å². The SMILES string of the molecule is C/C(=N\NC(=S)Nc1nc2ccc([N+](=O)[O-])cc2s1)c1ccc(N)cc1. The molecule has 0 amide bonds. The molecule has 0 aliphatic carbocycles. The van der Waals surface area contributed by atoms with Gasteiger partial charge in [-0.05, 0) is 42.9 Å². The van der Waals surface area contributed by atoms with Gasteiger partial charge >= 0.3 is 0 Å². The summed E-state index contributed by atoms with van der Waals surface area (Å²) in [4.78, 5) is 14.7. The zero-order valence-corrected chi connectivity index (χ0v) is 15.2. The number of non-ortho nitro benzene ring substituents is 1. The van der Waals surface area contributed by atoms with Crippen molar-refractivity contribution >= 4 is 61.1 Å². The third-order valence-corrected chi connectivity index (χ3v) is 4.58. The molecular formula is C16H14N6O2S2. The first-order valence-corrected chi connectivity index (χ1v) is 8.67. The molecule has 0 atom stereocenters. The number of aromatic nitrogens is 1. The minimum Gasteiger partial charge on any atom is -0.399 e. The van der Waals surface area contributed by atoms with Crippen LogP contribution in [-0.2, 0) is 0 Å². The molecule has 3 rings (SSSR count). The van der Waals surface area contributed by atoms with Crippen molar-refractivity contribution in [3.63, 3.8) is 0 Å². The van der Waals surface area contributed by atoms with Gasteiger partial charge in [0.1, 0.15) is 0 Å². The van der Waals surface area contributed by atoms with E-state index in [1.54, 1.807) is 18.2 Å². The van der Waals surface area contributed by atoms with Crippen LogP contribution in [0, 0.1) is 10.1 Å². The van der Waals surface area contributed by atoms with Gasteiger partial charge in [-0.15, -0.1) is 0 Å². The van der Waals surface area contributed by atoms with Crippen molar-refractivity contribution in [3.8, 4) is 0 Å². The van der Waals surface area contributed by atoms with Crippen LogP contribution in [0.1, 0.15) is 12.5 Å². The van der Waals surface area contributed by atoms with Crippen LogP contribution >= 0.6 is 23.6 Å². The monoisotopic (exact) mass is 386 g/mol. The fourth-order valence-electron chi connectivity index (χ4n) is 2.13. The lowest BCUT2D eigenvalue weighted by Gasteiger charge is -2.05. The molecule has 4 N–H and O–H groups in total. The van der Waals surface area contributed by atoms with Crippen LogP contribution in [0.3, 0.4) is 0 Å². The van der Waals surface area contributed by atoms with Crippen molar-refractivity contribution in [3.05, 3.63) is 58.1 Å². The maximum atomic E-state index is 10.8. The number of nitro benzene ring substituents is 1. The fraction of sp³-hybridized carbons (Fsp3) is 0.0625. The van der Waals surface area contributed by atoms with Crippen LogP contribution in [0.4, 0.5) is 16.5 Å². The van der Waals surface area contributed by atoms with E-state index in [2.05, 4.69) is 20.8 Å². The number of nitrogens with one attached hydrogen (secondary N) is 2. The van der Waals surface area contributed by atoms with Gasteiger partial charge in [0.25, 0.3) is 5.69 Å². The quantitative estimate of drug-likeness (QED) is 0.206. The lowest BCUT2D eigenvalue weighted by atomic mass is 10.1. The van der Waals surface area contributed by atoms with E-state index in [4.69, 9.17) is 18.0 Å². The number of anilines is 2. The van der Waals surface area contributed by atoms with Crippen molar-refractivity contribution in [2.75, 3.05) is 11.1 Å². The van der Waals surface area contributed by atoms with Crippen LogP contribution < -0.4 is 16.5 Å². The number of benzene rings is 2. The summed E-state index contributed by atoms with van der Waals surface area (Å²) in [6, 6.07) is 11.8. The van der Waals surface area contributed by atoms with Crippen molar-refractivity contribution in [2.45, 2.75) is 6.92 Å². The van der Waals surface area contributed by atoms with Gasteiger partial charge < -0.3 is 11.1 Å². The number of hydrazone groups is 1. The number of thiazole rings is 1. The minimum absolute atomic E-state index is 0.0251. The summed E-state index contributed by atoms with van der Waals surface area (Å²) in [6.45, 7) is 1.85. The predicted molar refractivity (Wildman–Crippen MR) is 109 cm³/mol. The Hall–Kier alpha value is -3.11. The van der Waals surface area contributed by atoms with Gasteiger partial charge in [-0.3, -0.25) is 15.5 Å². The molecule has 132 valence electrons. The van der Waals surface area contributed by atoms with Crippen molar-refractivity contribution < 1.29 is 4.92 Å². The van der Waals surface area contributed by atoms with Gasteiger partial charge in [0.15, 0.2) is 10.2 Å².